The number of anilines is 1. The lowest BCUT2D eigenvalue weighted by atomic mass is 9.85. The second-order valence-electron chi connectivity index (χ2n) is 7.43. The van der Waals surface area contributed by atoms with Crippen molar-refractivity contribution in [2.75, 3.05) is 12.0 Å². The van der Waals surface area contributed by atoms with Gasteiger partial charge >= 0.3 is 0 Å². The fourth-order valence-electron chi connectivity index (χ4n) is 5.16. The Hall–Kier alpha value is -2.40. The van der Waals surface area contributed by atoms with E-state index < -0.39 is 0 Å². The summed E-state index contributed by atoms with van der Waals surface area (Å²) < 4.78 is 5.77. The first-order valence-electron chi connectivity index (χ1n) is 8.76. The number of pyridine rings is 1. The average Bonchev–Trinajstić information content (AvgIpc) is 3.26. The van der Waals surface area contributed by atoms with Gasteiger partial charge < -0.3 is 9.72 Å². The number of nitrogens with zero attached hydrogens (tertiary/aromatic N) is 1. The molecule has 5 heteroatoms. The van der Waals surface area contributed by atoms with Gasteiger partial charge in [-0.2, -0.15) is 0 Å². The van der Waals surface area contributed by atoms with Crippen molar-refractivity contribution in [3.63, 3.8) is 0 Å². The van der Waals surface area contributed by atoms with Gasteiger partial charge in [0, 0.05) is 30.2 Å². The number of aromatic amines is 1. The number of benzene rings is 1. The van der Waals surface area contributed by atoms with E-state index in [0.29, 0.717) is 11.8 Å². The third kappa shape index (κ3) is 1.93. The highest BCUT2D eigenvalue weighted by molar-refractivity contribution is 6.00. The summed E-state index contributed by atoms with van der Waals surface area (Å²) in [5, 5.41) is 0.992. The number of ether oxygens (including phenoxy) is 1. The van der Waals surface area contributed by atoms with Crippen LogP contribution in [0.3, 0.4) is 0 Å². The van der Waals surface area contributed by atoms with Crippen molar-refractivity contribution in [3.8, 4) is 0 Å². The molecule has 5 nitrogen and oxygen atoms in total. The number of hydrogen-bond donors (Lipinski definition) is 1. The molecule has 5 rings (SSSR count). The fourth-order valence-corrected chi connectivity index (χ4v) is 5.16. The van der Waals surface area contributed by atoms with Gasteiger partial charge in [0.1, 0.15) is 6.23 Å². The molecule has 2 aliphatic carbocycles. The Bertz CT molecular complexity index is 977. The van der Waals surface area contributed by atoms with Crippen LogP contribution in [-0.4, -0.2) is 24.2 Å². The van der Waals surface area contributed by atoms with E-state index in [1.807, 2.05) is 25.1 Å². The summed E-state index contributed by atoms with van der Waals surface area (Å²) in [6, 6.07) is 7.41. The molecule has 5 atom stereocenters. The zero-order valence-corrected chi connectivity index (χ0v) is 14.2. The van der Waals surface area contributed by atoms with Gasteiger partial charge in [0.15, 0.2) is 0 Å². The Labute approximate surface area is 145 Å². The summed E-state index contributed by atoms with van der Waals surface area (Å²) in [6.07, 6.45) is 5.27. The van der Waals surface area contributed by atoms with Crippen LogP contribution in [0.2, 0.25) is 0 Å². The van der Waals surface area contributed by atoms with Crippen LogP contribution in [0, 0.1) is 30.6 Å². The summed E-state index contributed by atoms with van der Waals surface area (Å²) in [5.41, 5.74) is 2.35. The number of carbonyl (C=O) groups excluding carboxylic acids is 1. The maximum Gasteiger partial charge on any atom is 0.248 e. The van der Waals surface area contributed by atoms with Crippen molar-refractivity contribution in [3.05, 3.63) is 52.3 Å². The molecule has 2 heterocycles. The van der Waals surface area contributed by atoms with Gasteiger partial charge in [-0.05, 0) is 42.9 Å². The molecule has 1 aromatic heterocycles. The van der Waals surface area contributed by atoms with Gasteiger partial charge in [0.05, 0.1) is 11.4 Å². The lowest BCUT2D eigenvalue weighted by Crippen LogP contribution is -2.38. The molecule has 128 valence electrons. The Balaban J connectivity index is 1.62. The summed E-state index contributed by atoms with van der Waals surface area (Å²) >= 11 is 0. The van der Waals surface area contributed by atoms with E-state index in [-0.39, 0.29) is 29.5 Å². The number of H-pyrrole nitrogens is 1. The summed E-state index contributed by atoms with van der Waals surface area (Å²) in [4.78, 5) is 29.6. The van der Waals surface area contributed by atoms with Crippen LogP contribution in [0.4, 0.5) is 5.69 Å². The summed E-state index contributed by atoms with van der Waals surface area (Å²) in [6.45, 7) is 1.92. The van der Waals surface area contributed by atoms with E-state index in [1.165, 1.54) is 0 Å². The number of methoxy groups -OCH3 is 1. The molecule has 25 heavy (non-hydrogen) atoms. The lowest BCUT2D eigenvalue weighted by molar-refractivity contribution is -0.121. The molecular formula is C20H20N2O3. The van der Waals surface area contributed by atoms with Gasteiger partial charge in [0.25, 0.3) is 0 Å². The maximum absolute atomic E-state index is 13.2. The lowest BCUT2D eigenvalue weighted by Gasteiger charge is -2.28. The minimum absolute atomic E-state index is 0.0206. The van der Waals surface area contributed by atoms with Crippen molar-refractivity contribution in [1.29, 1.82) is 0 Å². The zero-order chi connectivity index (χ0) is 17.3. The highest BCUT2D eigenvalue weighted by Gasteiger charge is 2.59. The molecular weight excluding hydrogens is 316 g/mol. The molecule has 1 saturated carbocycles. The van der Waals surface area contributed by atoms with Gasteiger partial charge in [0.2, 0.25) is 11.5 Å². The smallest absolute Gasteiger partial charge is 0.248 e. The number of aryl methyl sites for hydroxylation is 1. The summed E-state index contributed by atoms with van der Waals surface area (Å²) in [5.74, 6) is 1.15. The van der Waals surface area contributed by atoms with Crippen molar-refractivity contribution < 1.29 is 9.53 Å². The van der Waals surface area contributed by atoms with Crippen molar-refractivity contribution in [1.82, 2.24) is 4.98 Å². The average molecular weight is 336 g/mol. The van der Waals surface area contributed by atoms with Crippen LogP contribution in [0.5, 0.6) is 0 Å². The highest BCUT2D eigenvalue weighted by atomic mass is 16.5. The molecule has 1 N–H and O–H groups in total. The molecule has 1 aliphatic heterocycles. The molecule has 2 bridgehead atoms. The van der Waals surface area contributed by atoms with Crippen molar-refractivity contribution in [2.24, 2.45) is 23.7 Å². The second-order valence-corrected chi connectivity index (χ2v) is 7.43. The molecule has 0 spiro atoms. The number of hydrogen-bond acceptors (Lipinski definition) is 3. The number of nitrogens with one attached hydrogen (secondary N) is 1. The zero-order valence-electron chi connectivity index (χ0n) is 14.2. The number of aromatic nitrogens is 1. The topological polar surface area (TPSA) is 62.4 Å². The van der Waals surface area contributed by atoms with Crippen LogP contribution in [0.15, 0.2) is 41.2 Å². The number of carbonyl (C=O) groups is 1. The largest absolute Gasteiger partial charge is 0.361 e. The molecule has 0 radical (unpaired) electrons. The van der Waals surface area contributed by atoms with Crippen LogP contribution in [-0.2, 0) is 9.53 Å². The van der Waals surface area contributed by atoms with Gasteiger partial charge in [-0.1, -0.05) is 18.2 Å². The van der Waals surface area contributed by atoms with E-state index in [1.54, 1.807) is 18.1 Å². The molecule has 2 aromatic rings. The number of fused-ring (bicyclic) bond motifs is 6. The molecule has 3 unspecified atom stereocenters. The van der Waals surface area contributed by atoms with E-state index in [0.717, 1.165) is 28.6 Å². The third-order valence-corrected chi connectivity index (χ3v) is 6.18. The predicted octanol–water partition coefficient (Wildman–Crippen LogP) is 2.59. The first kappa shape index (κ1) is 14.9. The molecule has 3 aliphatic rings. The van der Waals surface area contributed by atoms with Crippen LogP contribution in [0.1, 0.15) is 12.0 Å². The van der Waals surface area contributed by atoms with E-state index in [2.05, 4.69) is 17.1 Å². The second kappa shape index (κ2) is 5.05. The predicted molar refractivity (Wildman–Crippen MR) is 95.3 cm³/mol. The number of rotatable bonds is 2. The number of allylic oxidation sites excluding steroid dienone is 2. The summed E-state index contributed by atoms with van der Waals surface area (Å²) in [7, 11) is 1.68. The highest BCUT2D eigenvalue weighted by Crippen LogP contribution is 2.55. The quantitative estimate of drug-likeness (QED) is 0.858. The van der Waals surface area contributed by atoms with Crippen molar-refractivity contribution >= 4 is 22.5 Å². The van der Waals surface area contributed by atoms with Crippen LogP contribution < -0.4 is 10.5 Å². The minimum Gasteiger partial charge on any atom is -0.361 e. The molecule has 1 amide bonds. The van der Waals surface area contributed by atoms with E-state index >= 15 is 0 Å². The Morgan fingerprint density at radius 2 is 1.96 bits per heavy atom. The third-order valence-electron chi connectivity index (χ3n) is 6.18. The monoisotopic (exact) mass is 336 g/mol. The van der Waals surface area contributed by atoms with Crippen molar-refractivity contribution in [2.45, 2.75) is 19.6 Å². The number of amides is 1. The van der Waals surface area contributed by atoms with Gasteiger partial charge in [-0.15, -0.1) is 0 Å². The first-order chi connectivity index (χ1) is 12.1. The van der Waals surface area contributed by atoms with Crippen LogP contribution >= 0.6 is 0 Å². The standard InChI is InChI=1S/C20H20N2O3/c1-10-7-16(23)21-15-9-13(5-6-14(10)15)22-19(24)17-11-3-4-12(8-11)18(17)20(22)25-2/h3-7,9,11-12,17-18,20H,8H2,1-2H3,(H,21,23)/t11?,12?,17-,18+,20?/m0/s1. The Morgan fingerprint density at radius 3 is 2.76 bits per heavy atom. The fraction of sp³-hybridized carbons (Fsp3) is 0.400. The van der Waals surface area contributed by atoms with Crippen LogP contribution in [0.25, 0.3) is 10.9 Å². The first-order valence-corrected chi connectivity index (χ1v) is 8.76. The minimum atomic E-state index is -0.244. The van der Waals surface area contributed by atoms with E-state index in [4.69, 9.17) is 4.74 Å². The maximum atomic E-state index is 13.2. The van der Waals surface area contributed by atoms with E-state index in [9.17, 15) is 9.59 Å². The molecule has 1 saturated heterocycles. The normalized spacial score (nSPS) is 32.8. The SMILES string of the molecule is COC1[C@@H]2C3C=CC(C3)[C@@H]2C(=O)N1c1ccc2c(C)cc(=O)[nH]c2c1. The Kier molecular flexibility index (Phi) is 3.01. The van der Waals surface area contributed by atoms with Gasteiger partial charge in [-0.25, -0.2) is 0 Å². The Morgan fingerprint density at radius 1 is 1.16 bits per heavy atom. The molecule has 2 fully saturated rings. The van der Waals surface area contributed by atoms with Gasteiger partial charge in [-0.3, -0.25) is 14.5 Å². The molecule has 1 aromatic carbocycles.